The summed E-state index contributed by atoms with van der Waals surface area (Å²) in [6, 6.07) is 6.17. The number of carboxylic acid groups (broad SMARTS) is 1. The molecule has 0 atom stereocenters. The van der Waals surface area contributed by atoms with Gasteiger partial charge in [0.25, 0.3) is 0 Å². The molecule has 1 aromatic carbocycles. The zero-order valence-electron chi connectivity index (χ0n) is 11.6. The first-order valence-electron chi connectivity index (χ1n) is 7.14. The number of aromatic carboxylic acids is 1. The van der Waals surface area contributed by atoms with Gasteiger partial charge in [-0.15, -0.1) is 0 Å². The van der Waals surface area contributed by atoms with Crippen LogP contribution in [0.3, 0.4) is 0 Å². The highest BCUT2D eigenvalue weighted by Gasteiger charge is 2.30. The quantitative estimate of drug-likeness (QED) is 0.789. The van der Waals surface area contributed by atoms with Gasteiger partial charge < -0.3 is 5.11 Å². The van der Waals surface area contributed by atoms with Gasteiger partial charge in [0.05, 0.1) is 11.4 Å². The number of benzene rings is 1. The van der Waals surface area contributed by atoms with Gasteiger partial charge in [0.2, 0.25) is 0 Å². The van der Waals surface area contributed by atoms with Crippen molar-refractivity contribution in [2.75, 3.05) is 0 Å². The fraction of sp³-hybridized carbons (Fsp3) is 0.250. The van der Waals surface area contributed by atoms with Crippen LogP contribution in [0.5, 0.6) is 0 Å². The zero-order valence-corrected chi connectivity index (χ0v) is 12.4. The van der Waals surface area contributed by atoms with Crippen molar-refractivity contribution < 1.29 is 14.3 Å². The molecule has 0 aliphatic heterocycles. The number of halogens is 1. The maximum atomic E-state index is 13.0. The highest BCUT2D eigenvalue weighted by molar-refractivity contribution is 7.19. The fourth-order valence-corrected chi connectivity index (χ4v) is 3.87. The fourth-order valence-electron chi connectivity index (χ4n) is 2.84. The lowest BCUT2D eigenvalue weighted by molar-refractivity contribution is 0.0699. The highest BCUT2D eigenvalue weighted by Crippen LogP contribution is 2.41. The number of hydrogen-bond donors (Lipinski definition) is 1. The molecule has 0 spiro atoms. The molecule has 0 saturated heterocycles. The molecule has 0 unspecified atom stereocenters. The molecule has 1 aliphatic rings. The Kier molecular flexibility index (Phi) is 3.00. The lowest BCUT2D eigenvalue weighted by Gasteiger charge is -2.25. The standard InChI is InChI=1S/C16H13FN2O2S/c17-11-6-4-9(5-7-11)12-8-19-13(10-2-1-3-10)14(15(20)21)22-16(19)18-12/h4-8,10H,1-3H2,(H,20,21). The van der Waals surface area contributed by atoms with Crippen molar-refractivity contribution in [1.82, 2.24) is 9.38 Å². The lowest BCUT2D eigenvalue weighted by Crippen LogP contribution is -2.14. The Morgan fingerprint density at radius 2 is 2.05 bits per heavy atom. The van der Waals surface area contributed by atoms with Crippen LogP contribution in [0, 0.1) is 5.82 Å². The number of nitrogens with zero attached hydrogens (tertiary/aromatic N) is 2. The first kappa shape index (κ1) is 13.5. The minimum absolute atomic E-state index is 0.284. The molecule has 4 rings (SSSR count). The number of rotatable bonds is 3. The predicted molar refractivity (Wildman–Crippen MR) is 82.0 cm³/mol. The summed E-state index contributed by atoms with van der Waals surface area (Å²) in [5, 5.41) is 9.40. The van der Waals surface area contributed by atoms with Crippen molar-refractivity contribution in [2.24, 2.45) is 0 Å². The molecule has 3 aromatic rings. The van der Waals surface area contributed by atoms with Gasteiger partial charge in [-0.05, 0) is 37.1 Å². The van der Waals surface area contributed by atoms with Crippen LogP contribution in [0.2, 0.25) is 0 Å². The van der Waals surface area contributed by atoms with E-state index in [-0.39, 0.29) is 5.82 Å². The molecule has 0 radical (unpaired) electrons. The number of hydrogen-bond acceptors (Lipinski definition) is 3. The lowest BCUT2D eigenvalue weighted by atomic mass is 9.82. The third-order valence-electron chi connectivity index (χ3n) is 4.19. The smallest absolute Gasteiger partial charge is 0.347 e. The maximum Gasteiger partial charge on any atom is 0.347 e. The number of carbonyl (C=O) groups is 1. The number of thiazole rings is 1. The third kappa shape index (κ3) is 2.02. The molecule has 112 valence electrons. The van der Waals surface area contributed by atoms with E-state index in [1.165, 1.54) is 23.5 Å². The van der Waals surface area contributed by atoms with Crippen molar-refractivity contribution in [1.29, 1.82) is 0 Å². The molecule has 2 heterocycles. The van der Waals surface area contributed by atoms with Gasteiger partial charge in [0.1, 0.15) is 10.7 Å². The molecule has 22 heavy (non-hydrogen) atoms. The molecule has 0 bridgehead atoms. The number of imidazole rings is 1. The summed E-state index contributed by atoms with van der Waals surface area (Å²) in [6.07, 6.45) is 5.05. The van der Waals surface area contributed by atoms with E-state index in [1.54, 1.807) is 12.1 Å². The largest absolute Gasteiger partial charge is 0.477 e. The van der Waals surface area contributed by atoms with Crippen molar-refractivity contribution in [3.8, 4) is 11.3 Å². The van der Waals surface area contributed by atoms with Gasteiger partial charge in [-0.1, -0.05) is 17.8 Å². The molecule has 1 fully saturated rings. The van der Waals surface area contributed by atoms with E-state index in [0.29, 0.717) is 15.8 Å². The van der Waals surface area contributed by atoms with E-state index in [9.17, 15) is 14.3 Å². The van der Waals surface area contributed by atoms with Crippen LogP contribution in [0.4, 0.5) is 4.39 Å². The molecule has 0 amide bonds. The molecule has 6 heteroatoms. The highest BCUT2D eigenvalue weighted by atomic mass is 32.1. The van der Waals surface area contributed by atoms with E-state index in [0.717, 1.165) is 36.2 Å². The minimum atomic E-state index is -0.888. The van der Waals surface area contributed by atoms with Crippen molar-refractivity contribution in [3.05, 3.63) is 46.9 Å². The van der Waals surface area contributed by atoms with Crippen LogP contribution in [0.25, 0.3) is 16.2 Å². The topological polar surface area (TPSA) is 54.6 Å². The minimum Gasteiger partial charge on any atom is -0.477 e. The van der Waals surface area contributed by atoms with Gasteiger partial charge in [0.15, 0.2) is 4.96 Å². The summed E-state index contributed by atoms with van der Waals surface area (Å²) < 4.78 is 14.9. The van der Waals surface area contributed by atoms with E-state index in [2.05, 4.69) is 4.98 Å². The van der Waals surface area contributed by atoms with Crippen LogP contribution in [0.1, 0.15) is 40.5 Å². The summed E-state index contributed by atoms with van der Waals surface area (Å²) in [5.74, 6) is -0.871. The van der Waals surface area contributed by atoms with Crippen LogP contribution in [0.15, 0.2) is 30.5 Å². The van der Waals surface area contributed by atoms with Crippen molar-refractivity contribution in [3.63, 3.8) is 0 Å². The van der Waals surface area contributed by atoms with Gasteiger partial charge >= 0.3 is 5.97 Å². The Hall–Kier alpha value is -2.21. The first-order chi connectivity index (χ1) is 10.6. The van der Waals surface area contributed by atoms with Crippen LogP contribution in [-0.4, -0.2) is 20.5 Å². The Morgan fingerprint density at radius 3 is 2.64 bits per heavy atom. The third-order valence-corrected chi connectivity index (χ3v) is 5.24. The summed E-state index contributed by atoms with van der Waals surface area (Å²) in [6.45, 7) is 0. The maximum absolute atomic E-state index is 13.0. The van der Waals surface area contributed by atoms with E-state index in [4.69, 9.17) is 0 Å². The normalized spacial score (nSPS) is 15.1. The summed E-state index contributed by atoms with van der Waals surface area (Å²) in [5.41, 5.74) is 2.43. The summed E-state index contributed by atoms with van der Waals surface area (Å²) in [4.78, 5) is 17.0. The Labute approximate surface area is 129 Å². The predicted octanol–water partition coefficient (Wildman–Crippen LogP) is 4.17. The molecule has 1 N–H and O–H groups in total. The average molecular weight is 316 g/mol. The second-order valence-electron chi connectivity index (χ2n) is 5.54. The van der Waals surface area contributed by atoms with Crippen LogP contribution in [-0.2, 0) is 0 Å². The molecule has 1 saturated carbocycles. The molecule has 2 aromatic heterocycles. The average Bonchev–Trinajstić information content (AvgIpc) is 2.97. The molecule has 4 nitrogen and oxygen atoms in total. The second kappa shape index (κ2) is 4.91. The van der Waals surface area contributed by atoms with Gasteiger partial charge in [-0.3, -0.25) is 4.40 Å². The van der Waals surface area contributed by atoms with Crippen molar-refractivity contribution >= 4 is 22.3 Å². The van der Waals surface area contributed by atoms with Gasteiger partial charge in [-0.2, -0.15) is 0 Å². The van der Waals surface area contributed by atoms with Gasteiger partial charge in [0, 0.05) is 17.7 Å². The van der Waals surface area contributed by atoms with Crippen LogP contribution >= 0.6 is 11.3 Å². The Balaban J connectivity index is 1.85. The second-order valence-corrected chi connectivity index (χ2v) is 6.51. The number of fused-ring (bicyclic) bond motifs is 1. The van der Waals surface area contributed by atoms with E-state index >= 15 is 0 Å². The zero-order chi connectivity index (χ0) is 15.3. The van der Waals surface area contributed by atoms with E-state index in [1.807, 2.05) is 10.6 Å². The molecular weight excluding hydrogens is 303 g/mol. The number of aromatic nitrogens is 2. The number of carboxylic acids is 1. The molecular formula is C16H13FN2O2S. The summed E-state index contributed by atoms with van der Waals surface area (Å²) in [7, 11) is 0. The summed E-state index contributed by atoms with van der Waals surface area (Å²) >= 11 is 1.21. The van der Waals surface area contributed by atoms with Crippen LogP contribution < -0.4 is 0 Å². The van der Waals surface area contributed by atoms with E-state index < -0.39 is 5.97 Å². The van der Waals surface area contributed by atoms with Gasteiger partial charge in [-0.25, -0.2) is 14.2 Å². The monoisotopic (exact) mass is 316 g/mol. The van der Waals surface area contributed by atoms with Crippen molar-refractivity contribution in [2.45, 2.75) is 25.2 Å². The SMILES string of the molecule is O=C(O)c1sc2nc(-c3ccc(F)cc3)cn2c1C1CCC1. The first-order valence-corrected chi connectivity index (χ1v) is 7.96. The molecule has 1 aliphatic carbocycles. The Bertz CT molecular complexity index is 862. The Morgan fingerprint density at radius 1 is 1.32 bits per heavy atom.